The van der Waals surface area contributed by atoms with Crippen molar-refractivity contribution in [3.8, 4) is 11.5 Å². The van der Waals surface area contributed by atoms with E-state index in [2.05, 4.69) is 19.1 Å². The molecule has 1 rings (SSSR count). The van der Waals surface area contributed by atoms with Crippen molar-refractivity contribution in [3.05, 3.63) is 36.4 Å². The number of hydrogen-bond donors (Lipinski definition) is 0. The van der Waals surface area contributed by atoms with E-state index in [4.69, 9.17) is 14.2 Å². The SMILES string of the molecule is CCCCCCCC/C=C/C(CCCCCCC(=O)OC)Oc1cccc(OC)c1. The monoisotopic (exact) mass is 418 g/mol. The van der Waals surface area contributed by atoms with Crippen LogP contribution >= 0.6 is 0 Å². The molecule has 1 aromatic carbocycles. The fourth-order valence-corrected chi connectivity index (χ4v) is 3.40. The predicted octanol–water partition coefficient (Wildman–Crippen LogP) is 7.26. The van der Waals surface area contributed by atoms with E-state index >= 15 is 0 Å². The molecule has 0 radical (unpaired) electrons. The average molecular weight is 419 g/mol. The van der Waals surface area contributed by atoms with Gasteiger partial charge >= 0.3 is 5.97 Å². The Labute approximate surface area is 184 Å². The van der Waals surface area contributed by atoms with Crippen molar-refractivity contribution >= 4 is 5.97 Å². The molecule has 1 atom stereocenters. The lowest BCUT2D eigenvalue weighted by Crippen LogP contribution is -2.13. The van der Waals surface area contributed by atoms with Crippen molar-refractivity contribution in [1.29, 1.82) is 0 Å². The van der Waals surface area contributed by atoms with E-state index in [0.717, 1.165) is 50.0 Å². The number of carbonyl (C=O) groups is 1. The predicted molar refractivity (Wildman–Crippen MR) is 124 cm³/mol. The van der Waals surface area contributed by atoms with Crippen LogP contribution in [0.3, 0.4) is 0 Å². The summed E-state index contributed by atoms with van der Waals surface area (Å²) in [6, 6.07) is 7.80. The maximum atomic E-state index is 11.2. The zero-order valence-corrected chi connectivity index (χ0v) is 19.4. The molecule has 170 valence electrons. The van der Waals surface area contributed by atoms with E-state index in [1.54, 1.807) is 7.11 Å². The molecule has 0 amide bonds. The van der Waals surface area contributed by atoms with Gasteiger partial charge in [-0.1, -0.05) is 64.0 Å². The number of hydrogen-bond acceptors (Lipinski definition) is 4. The van der Waals surface area contributed by atoms with Gasteiger partial charge in [0.05, 0.1) is 14.2 Å². The third-order valence-corrected chi connectivity index (χ3v) is 5.25. The van der Waals surface area contributed by atoms with Crippen LogP contribution in [0.2, 0.25) is 0 Å². The highest BCUT2D eigenvalue weighted by Crippen LogP contribution is 2.22. The zero-order chi connectivity index (χ0) is 21.9. The molecule has 0 spiro atoms. The van der Waals surface area contributed by atoms with Gasteiger partial charge in [0.15, 0.2) is 0 Å². The lowest BCUT2D eigenvalue weighted by Gasteiger charge is -2.16. The number of carbonyl (C=O) groups excluding carboxylic acids is 1. The minimum absolute atomic E-state index is 0.0674. The summed E-state index contributed by atoms with van der Waals surface area (Å²) in [5.74, 6) is 1.53. The van der Waals surface area contributed by atoms with Gasteiger partial charge in [-0.2, -0.15) is 0 Å². The van der Waals surface area contributed by atoms with E-state index in [1.807, 2.05) is 24.3 Å². The molecule has 30 heavy (non-hydrogen) atoms. The van der Waals surface area contributed by atoms with Crippen molar-refractivity contribution in [3.63, 3.8) is 0 Å². The summed E-state index contributed by atoms with van der Waals surface area (Å²) in [6.45, 7) is 2.25. The van der Waals surface area contributed by atoms with E-state index in [-0.39, 0.29) is 12.1 Å². The van der Waals surface area contributed by atoms with Crippen LogP contribution in [0.25, 0.3) is 0 Å². The van der Waals surface area contributed by atoms with Crippen LogP contribution < -0.4 is 9.47 Å². The summed E-state index contributed by atoms with van der Waals surface area (Å²) in [5.41, 5.74) is 0. The molecular weight excluding hydrogens is 376 g/mol. The topological polar surface area (TPSA) is 44.8 Å². The van der Waals surface area contributed by atoms with Crippen molar-refractivity contribution in [2.75, 3.05) is 14.2 Å². The number of esters is 1. The van der Waals surface area contributed by atoms with Gasteiger partial charge in [0.2, 0.25) is 0 Å². The third kappa shape index (κ3) is 13.3. The van der Waals surface area contributed by atoms with Crippen LogP contribution in [0.4, 0.5) is 0 Å². The highest BCUT2D eigenvalue weighted by Gasteiger charge is 2.08. The maximum Gasteiger partial charge on any atom is 0.305 e. The second kappa shape index (κ2) is 17.9. The van der Waals surface area contributed by atoms with Gasteiger partial charge in [0.25, 0.3) is 0 Å². The number of ether oxygens (including phenoxy) is 3. The average Bonchev–Trinajstić information content (AvgIpc) is 2.77. The number of unbranched alkanes of at least 4 members (excludes halogenated alkanes) is 9. The highest BCUT2D eigenvalue weighted by molar-refractivity contribution is 5.68. The molecule has 0 saturated carbocycles. The molecule has 0 aliphatic carbocycles. The van der Waals surface area contributed by atoms with Gasteiger partial charge < -0.3 is 14.2 Å². The van der Waals surface area contributed by atoms with E-state index in [9.17, 15) is 4.79 Å². The van der Waals surface area contributed by atoms with Crippen LogP contribution in [0.5, 0.6) is 11.5 Å². The molecule has 1 unspecified atom stereocenters. The van der Waals surface area contributed by atoms with Gasteiger partial charge in [0, 0.05) is 12.5 Å². The van der Waals surface area contributed by atoms with Crippen LogP contribution in [0, 0.1) is 0 Å². The van der Waals surface area contributed by atoms with Crippen molar-refractivity contribution in [2.24, 2.45) is 0 Å². The summed E-state index contributed by atoms with van der Waals surface area (Å²) in [5, 5.41) is 0. The summed E-state index contributed by atoms with van der Waals surface area (Å²) < 4.78 is 16.2. The normalized spacial score (nSPS) is 12.1. The minimum Gasteiger partial charge on any atom is -0.497 e. The standard InChI is InChI=1S/C26H42O4/c1-4-5-6-7-8-9-10-13-17-23(18-14-11-12-15-21-26(27)29-3)30-25-20-16-19-24(22-25)28-2/h13,16-17,19-20,22-23H,4-12,14-15,18,21H2,1-3H3/b17-13+. The molecule has 0 aromatic heterocycles. The number of rotatable bonds is 18. The Kier molecular flexibility index (Phi) is 15.5. The number of methoxy groups -OCH3 is 2. The molecule has 0 aliphatic rings. The first-order valence-electron chi connectivity index (χ1n) is 11.7. The fourth-order valence-electron chi connectivity index (χ4n) is 3.40. The minimum atomic E-state index is -0.119. The van der Waals surface area contributed by atoms with E-state index in [1.165, 1.54) is 45.6 Å². The van der Waals surface area contributed by atoms with Crippen molar-refractivity contribution in [2.45, 2.75) is 96.5 Å². The van der Waals surface area contributed by atoms with Crippen molar-refractivity contribution in [1.82, 2.24) is 0 Å². The third-order valence-electron chi connectivity index (χ3n) is 5.25. The summed E-state index contributed by atoms with van der Waals surface area (Å²) in [6.07, 6.45) is 19.2. The maximum absolute atomic E-state index is 11.2. The Balaban J connectivity index is 2.42. The smallest absolute Gasteiger partial charge is 0.305 e. The van der Waals surface area contributed by atoms with Crippen LogP contribution in [-0.2, 0) is 9.53 Å². The largest absolute Gasteiger partial charge is 0.497 e. The second-order valence-electron chi connectivity index (χ2n) is 7.85. The van der Waals surface area contributed by atoms with Crippen LogP contribution in [0.1, 0.15) is 90.4 Å². The first-order valence-corrected chi connectivity index (χ1v) is 11.7. The van der Waals surface area contributed by atoms with Gasteiger partial charge in [0.1, 0.15) is 17.6 Å². The molecular formula is C26H42O4. The first-order chi connectivity index (χ1) is 14.7. The molecule has 0 saturated heterocycles. The van der Waals surface area contributed by atoms with Crippen LogP contribution in [0.15, 0.2) is 36.4 Å². The van der Waals surface area contributed by atoms with E-state index < -0.39 is 0 Å². The Hall–Kier alpha value is -1.97. The van der Waals surface area contributed by atoms with Crippen molar-refractivity contribution < 1.29 is 19.0 Å². The molecule has 0 fully saturated rings. The molecule has 4 heteroatoms. The molecule has 0 N–H and O–H groups in total. The van der Waals surface area contributed by atoms with Gasteiger partial charge in [-0.25, -0.2) is 0 Å². The molecule has 4 nitrogen and oxygen atoms in total. The Morgan fingerprint density at radius 2 is 1.63 bits per heavy atom. The molecule has 0 heterocycles. The van der Waals surface area contributed by atoms with Crippen LogP contribution in [-0.4, -0.2) is 26.3 Å². The number of allylic oxidation sites excluding steroid dienone is 1. The molecule has 0 aliphatic heterocycles. The summed E-state index contributed by atoms with van der Waals surface area (Å²) in [4.78, 5) is 11.2. The Morgan fingerprint density at radius 3 is 2.40 bits per heavy atom. The van der Waals surface area contributed by atoms with E-state index in [0.29, 0.717) is 6.42 Å². The lowest BCUT2D eigenvalue weighted by molar-refractivity contribution is -0.140. The summed E-state index contributed by atoms with van der Waals surface area (Å²) >= 11 is 0. The first kappa shape index (κ1) is 26.1. The fraction of sp³-hybridized carbons (Fsp3) is 0.654. The lowest BCUT2D eigenvalue weighted by atomic mass is 10.1. The second-order valence-corrected chi connectivity index (χ2v) is 7.85. The zero-order valence-electron chi connectivity index (χ0n) is 19.4. The highest BCUT2D eigenvalue weighted by atomic mass is 16.5. The van der Waals surface area contributed by atoms with Gasteiger partial charge in [-0.15, -0.1) is 0 Å². The molecule has 1 aromatic rings. The van der Waals surface area contributed by atoms with Gasteiger partial charge in [-0.05, 0) is 50.3 Å². The summed E-state index contributed by atoms with van der Waals surface area (Å²) in [7, 11) is 3.12. The molecule has 0 bridgehead atoms. The Bertz CT molecular complexity index is 582. The van der Waals surface area contributed by atoms with Gasteiger partial charge in [-0.3, -0.25) is 4.79 Å². The quantitative estimate of drug-likeness (QED) is 0.143. The Morgan fingerprint density at radius 1 is 0.933 bits per heavy atom. The number of benzene rings is 1.